The van der Waals surface area contributed by atoms with Crippen LogP contribution in [0.2, 0.25) is 0 Å². The third kappa shape index (κ3) is 4.34. The number of Topliss-reactive ketones (excluding diaryl/α,β-unsaturated/α-hetero) is 1. The van der Waals surface area contributed by atoms with Crippen molar-refractivity contribution in [1.82, 2.24) is 25.1 Å². The topological polar surface area (TPSA) is 91.8 Å². The molecule has 1 N–H and O–H groups in total. The number of rotatable bonds is 7. The van der Waals surface area contributed by atoms with Crippen molar-refractivity contribution in [2.24, 2.45) is 0 Å². The molecular weight excluding hydrogens is 366 g/mol. The van der Waals surface area contributed by atoms with Crippen LogP contribution in [0.4, 0.5) is 0 Å². The number of carbonyl (C=O) groups is 2. The lowest BCUT2D eigenvalue weighted by atomic mass is 9.96. The summed E-state index contributed by atoms with van der Waals surface area (Å²) in [5.74, 6) is 0.997. The minimum atomic E-state index is -0.280. The van der Waals surface area contributed by atoms with E-state index < -0.39 is 0 Å². The molecule has 1 atom stereocenters. The van der Waals surface area contributed by atoms with Gasteiger partial charge in [0.2, 0.25) is 5.91 Å². The molecule has 1 aliphatic heterocycles. The second kappa shape index (κ2) is 8.11. The Bertz CT molecular complexity index is 956. The highest BCUT2D eigenvalue weighted by Crippen LogP contribution is 2.39. The molecular formula is C22H25N5O2. The molecule has 2 aromatic heterocycles. The van der Waals surface area contributed by atoms with Crippen molar-refractivity contribution in [3.8, 4) is 0 Å². The van der Waals surface area contributed by atoms with Crippen LogP contribution in [0.25, 0.3) is 5.57 Å². The molecule has 1 amide bonds. The molecule has 0 radical (unpaired) electrons. The first-order valence-corrected chi connectivity index (χ1v) is 10.0. The lowest BCUT2D eigenvalue weighted by Gasteiger charge is -2.24. The van der Waals surface area contributed by atoms with Crippen LogP contribution in [0.5, 0.6) is 0 Å². The largest absolute Gasteiger partial charge is 0.335 e. The van der Waals surface area contributed by atoms with E-state index in [0.29, 0.717) is 37.7 Å². The first kappa shape index (κ1) is 19.2. The Morgan fingerprint density at radius 1 is 1.34 bits per heavy atom. The fourth-order valence-corrected chi connectivity index (χ4v) is 3.51. The van der Waals surface area contributed by atoms with E-state index in [0.717, 1.165) is 22.5 Å². The molecule has 3 heterocycles. The molecule has 1 unspecified atom stereocenters. The summed E-state index contributed by atoms with van der Waals surface area (Å²) in [6.45, 7) is 6.57. The normalized spacial score (nSPS) is 17.6. The number of aromatic nitrogens is 4. The van der Waals surface area contributed by atoms with Crippen molar-refractivity contribution in [1.29, 1.82) is 0 Å². The second-order valence-electron chi connectivity index (χ2n) is 7.76. The van der Waals surface area contributed by atoms with Crippen LogP contribution in [-0.2, 0) is 16.0 Å². The van der Waals surface area contributed by atoms with E-state index in [2.05, 4.69) is 26.7 Å². The number of hydrogen-bond acceptors (Lipinski definition) is 5. The van der Waals surface area contributed by atoms with Gasteiger partial charge in [-0.2, -0.15) is 5.10 Å². The minimum absolute atomic E-state index is 0.0644. The lowest BCUT2D eigenvalue weighted by molar-refractivity contribution is -0.125. The van der Waals surface area contributed by atoms with Crippen LogP contribution >= 0.6 is 0 Å². The van der Waals surface area contributed by atoms with Gasteiger partial charge in [-0.1, -0.05) is 19.6 Å². The van der Waals surface area contributed by atoms with Gasteiger partial charge in [-0.15, -0.1) is 0 Å². The van der Waals surface area contributed by atoms with Gasteiger partial charge in [0.25, 0.3) is 0 Å². The average Bonchev–Trinajstić information content (AvgIpc) is 3.52. The number of carbonyl (C=O) groups excluding carboxylic acids is 2. The number of nitrogens with zero attached hydrogens (tertiary/aromatic N) is 4. The fraction of sp³-hybridized carbons (Fsp3) is 0.409. The molecule has 0 aromatic carbocycles. The molecule has 0 saturated heterocycles. The van der Waals surface area contributed by atoms with Crippen molar-refractivity contribution in [2.45, 2.75) is 44.4 Å². The SMILES string of the molecule is C=CC(=O)N1CC=C(c2ncc(C(C)C(=O)Cc3cc(C4CC4)n[nH]3)cn2)CC1. The van der Waals surface area contributed by atoms with E-state index in [1.807, 2.05) is 19.1 Å². The Morgan fingerprint density at radius 3 is 2.72 bits per heavy atom. The molecule has 7 nitrogen and oxygen atoms in total. The Morgan fingerprint density at radius 2 is 2.10 bits per heavy atom. The Balaban J connectivity index is 1.37. The summed E-state index contributed by atoms with van der Waals surface area (Å²) < 4.78 is 0. The Kier molecular flexibility index (Phi) is 5.38. The summed E-state index contributed by atoms with van der Waals surface area (Å²) in [4.78, 5) is 35.0. The van der Waals surface area contributed by atoms with Crippen molar-refractivity contribution >= 4 is 17.3 Å². The zero-order valence-electron chi connectivity index (χ0n) is 16.6. The highest BCUT2D eigenvalue weighted by molar-refractivity contribution is 5.88. The Hall–Kier alpha value is -3.09. The van der Waals surface area contributed by atoms with Crippen LogP contribution in [0.3, 0.4) is 0 Å². The van der Waals surface area contributed by atoms with Crippen molar-refractivity contribution < 1.29 is 9.59 Å². The summed E-state index contributed by atoms with van der Waals surface area (Å²) in [6.07, 6.45) is 10.2. The number of aromatic amines is 1. The van der Waals surface area contributed by atoms with Crippen molar-refractivity contribution in [2.75, 3.05) is 13.1 Å². The third-order valence-corrected chi connectivity index (χ3v) is 5.65. The van der Waals surface area contributed by atoms with E-state index in [1.54, 1.807) is 17.3 Å². The smallest absolute Gasteiger partial charge is 0.246 e. The number of nitrogens with one attached hydrogen (secondary N) is 1. The van der Waals surface area contributed by atoms with E-state index >= 15 is 0 Å². The number of ketones is 1. The maximum Gasteiger partial charge on any atom is 0.246 e. The molecule has 2 aromatic rings. The maximum atomic E-state index is 12.7. The summed E-state index contributed by atoms with van der Waals surface area (Å²) >= 11 is 0. The maximum absolute atomic E-state index is 12.7. The van der Waals surface area contributed by atoms with Gasteiger partial charge in [0.1, 0.15) is 5.78 Å². The van der Waals surface area contributed by atoms with Crippen molar-refractivity contribution in [3.05, 3.63) is 60.0 Å². The van der Waals surface area contributed by atoms with E-state index in [4.69, 9.17) is 0 Å². The van der Waals surface area contributed by atoms with Gasteiger partial charge < -0.3 is 4.90 Å². The first-order chi connectivity index (χ1) is 14.0. The highest BCUT2D eigenvalue weighted by atomic mass is 16.2. The molecule has 2 aliphatic rings. The molecule has 1 fully saturated rings. The summed E-state index contributed by atoms with van der Waals surface area (Å²) in [5.41, 5.74) is 3.77. The molecule has 4 rings (SSSR count). The summed E-state index contributed by atoms with van der Waals surface area (Å²) in [5, 5.41) is 7.30. The van der Waals surface area contributed by atoms with Gasteiger partial charge in [-0.3, -0.25) is 14.7 Å². The predicted molar refractivity (Wildman–Crippen MR) is 109 cm³/mol. The molecule has 150 valence electrons. The highest BCUT2D eigenvalue weighted by Gasteiger charge is 2.27. The summed E-state index contributed by atoms with van der Waals surface area (Å²) in [6, 6.07) is 2.01. The molecule has 1 aliphatic carbocycles. The molecule has 0 spiro atoms. The van der Waals surface area contributed by atoms with Crippen LogP contribution in [0.15, 0.2) is 37.2 Å². The average molecular weight is 391 g/mol. The summed E-state index contributed by atoms with van der Waals surface area (Å²) in [7, 11) is 0. The Labute approximate surface area is 169 Å². The van der Waals surface area contributed by atoms with Crippen LogP contribution < -0.4 is 0 Å². The van der Waals surface area contributed by atoms with Gasteiger partial charge in [0.05, 0.1) is 5.69 Å². The van der Waals surface area contributed by atoms with Crippen LogP contribution in [-0.4, -0.2) is 49.8 Å². The minimum Gasteiger partial charge on any atom is -0.335 e. The van der Waals surface area contributed by atoms with Crippen LogP contribution in [0, 0.1) is 0 Å². The fourth-order valence-electron chi connectivity index (χ4n) is 3.51. The first-order valence-electron chi connectivity index (χ1n) is 10.0. The number of hydrogen-bond donors (Lipinski definition) is 1. The van der Waals surface area contributed by atoms with E-state index in [9.17, 15) is 9.59 Å². The zero-order valence-corrected chi connectivity index (χ0v) is 16.6. The van der Waals surface area contributed by atoms with Gasteiger partial charge in [-0.05, 0) is 42.5 Å². The molecule has 7 heteroatoms. The van der Waals surface area contributed by atoms with Crippen LogP contribution in [0.1, 0.15) is 60.8 Å². The second-order valence-corrected chi connectivity index (χ2v) is 7.76. The van der Waals surface area contributed by atoms with Gasteiger partial charge in [0.15, 0.2) is 5.82 Å². The van der Waals surface area contributed by atoms with E-state index in [1.165, 1.54) is 18.9 Å². The molecule has 0 bridgehead atoms. The molecule has 1 saturated carbocycles. The number of amides is 1. The standard InChI is InChI=1S/C22H25N5O2/c1-3-21(29)27-8-6-16(7-9-27)22-23-12-17(13-24-22)14(2)20(28)11-18-10-19(26-25-18)15-4-5-15/h3,6,10,12-15H,1,4-5,7-9,11H2,2H3,(H,25,26). The third-order valence-electron chi connectivity index (χ3n) is 5.65. The zero-order chi connectivity index (χ0) is 20.4. The quantitative estimate of drug-likeness (QED) is 0.733. The predicted octanol–water partition coefficient (Wildman–Crippen LogP) is 2.79. The van der Waals surface area contributed by atoms with E-state index in [-0.39, 0.29) is 17.6 Å². The van der Waals surface area contributed by atoms with Gasteiger partial charge in [-0.25, -0.2) is 9.97 Å². The monoisotopic (exact) mass is 391 g/mol. The van der Waals surface area contributed by atoms with Crippen molar-refractivity contribution in [3.63, 3.8) is 0 Å². The number of H-pyrrole nitrogens is 1. The molecule has 29 heavy (non-hydrogen) atoms. The van der Waals surface area contributed by atoms with Gasteiger partial charge >= 0.3 is 0 Å². The lowest BCUT2D eigenvalue weighted by Crippen LogP contribution is -2.33. The van der Waals surface area contributed by atoms with Gasteiger partial charge in [0, 0.05) is 49.4 Å².